The second-order valence-corrected chi connectivity index (χ2v) is 7.11. The molecule has 0 unspecified atom stereocenters. The summed E-state index contributed by atoms with van der Waals surface area (Å²) < 4.78 is 0. The highest BCUT2D eigenvalue weighted by atomic mass is 32.2. The molecule has 2 N–H and O–H groups in total. The molecule has 0 atom stereocenters. The van der Waals surface area contributed by atoms with Gasteiger partial charge < -0.3 is 10.3 Å². The first-order chi connectivity index (χ1) is 12.0. The van der Waals surface area contributed by atoms with Gasteiger partial charge in [-0.2, -0.15) is 0 Å². The average molecular weight is 352 g/mol. The van der Waals surface area contributed by atoms with Gasteiger partial charge in [0.15, 0.2) is 5.43 Å². The van der Waals surface area contributed by atoms with Crippen LogP contribution in [0.1, 0.15) is 16.8 Å². The maximum Gasteiger partial charge on any atom is 0.234 e. The fourth-order valence-corrected chi connectivity index (χ4v) is 3.56. The van der Waals surface area contributed by atoms with Gasteiger partial charge in [0.2, 0.25) is 5.91 Å². The number of para-hydroxylation sites is 1. The van der Waals surface area contributed by atoms with Crippen molar-refractivity contribution in [1.29, 1.82) is 0 Å². The number of fused-ring (bicyclic) bond motifs is 1. The molecule has 25 heavy (non-hydrogen) atoms. The fourth-order valence-electron chi connectivity index (χ4n) is 2.83. The number of H-pyrrole nitrogens is 1. The van der Waals surface area contributed by atoms with E-state index in [2.05, 4.69) is 16.4 Å². The van der Waals surface area contributed by atoms with E-state index in [4.69, 9.17) is 0 Å². The molecule has 2 aromatic carbocycles. The van der Waals surface area contributed by atoms with Crippen molar-refractivity contribution in [2.24, 2.45) is 0 Å². The quantitative estimate of drug-likeness (QED) is 0.729. The second-order valence-electron chi connectivity index (χ2n) is 6.12. The summed E-state index contributed by atoms with van der Waals surface area (Å²) in [4.78, 5) is 27.4. The van der Waals surface area contributed by atoms with E-state index in [9.17, 15) is 9.59 Å². The van der Waals surface area contributed by atoms with E-state index >= 15 is 0 Å². The van der Waals surface area contributed by atoms with Crippen LogP contribution in [0, 0.1) is 13.8 Å². The van der Waals surface area contributed by atoms with Crippen LogP contribution in [0.15, 0.2) is 53.3 Å². The number of amides is 1. The Hall–Kier alpha value is -2.53. The van der Waals surface area contributed by atoms with Crippen molar-refractivity contribution >= 4 is 34.3 Å². The zero-order chi connectivity index (χ0) is 17.8. The highest BCUT2D eigenvalue weighted by Crippen LogP contribution is 2.16. The lowest BCUT2D eigenvalue weighted by Crippen LogP contribution is -2.14. The average Bonchev–Trinajstić information content (AvgIpc) is 2.54. The third-order valence-corrected chi connectivity index (χ3v) is 4.77. The Morgan fingerprint density at radius 3 is 2.56 bits per heavy atom. The van der Waals surface area contributed by atoms with Gasteiger partial charge in [-0.15, -0.1) is 11.8 Å². The molecule has 0 spiro atoms. The maximum absolute atomic E-state index is 12.1. The normalized spacial score (nSPS) is 10.8. The van der Waals surface area contributed by atoms with Gasteiger partial charge in [0.05, 0.1) is 5.75 Å². The Bertz CT molecular complexity index is 959. The van der Waals surface area contributed by atoms with Crippen LogP contribution >= 0.6 is 11.8 Å². The molecular weight excluding hydrogens is 332 g/mol. The lowest BCUT2D eigenvalue weighted by molar-refractivity contribution is -0.113. The first-order valence-corrected chi connectivity index (χ1v) is 9.23. The van der Waals surface area contributed by atoms with Crippen molar-refractivity contribution < 1.29 is 4.79 Å². The Morgan fingerprint density at radius 1 is 1.08 bits per heavy atom. The SMILES string of the molecule is Cc1cc(C)cc(NC(=O)CSCc2cc(=O)c3ccccc3[nH]2)c1. The highest BCUT2D eigenvalue weighted by Gasteiger charge is 2.06. The molecule has 0 fully saturated rings. The lowest BCUT2D eigenvalue weighted by Gasteiger charge is -2.08. The standard InChI is InChI=1S/C20H20N2O2S/c1-13-7-14(2)9-15(8-13)22-20(24)12-25-11-16-10-19(23)17-5-3-4-6-18(17)21-16/h3-10H,11-12H2,1-2H3,(H,21,23)(H,22,24). The topological polar surface area (TPSA) is 62.0 Å². The van der Waals surface area contributed by atoms with Crippen molar-refractivity contribution in [2.75, 3.05) is 11.1 Å². The summed E-state index contributed by atoms with van der Waals surface area (Å²) in [6, 6.07) is 15.0. The summed E-state index contributed by atoms with van der Waals surface area (Å²) in [5.74, 6) is 0.875. The molecule has 5 heteroatoms. The molecule has 1 amide bonds. The van der Waals surface area contributed by atoms with Gasteiger partial charge in [-0.1, -0.05) is 18.2 Å². The van der Waals surface area contributed by atoms with Crippen LogP contribution < -0.4 is 10.7 Å². The molecule has 3 aromatic rings. The molecule has 0 aliphatic heterocycles. The molecule has 3 rings (SSSR count). The number of thioether (sulfide) groups is 1. The van der Waals surface area contributed by atoms with Gasteiger partial charge in [-0.05, 0) is 49.2 Å². The highest BCUT2D eigenvalue weighted by molar-refractivity contribution is 7.99. The van der Waals surface area contributed by atoms with Crippen molar-refractivity contribution in [3.63, 3.8) is 0 Å². The van der Waals surface area contributed by atoms with Gasteiger partial charge in [0.25, 0.3) is 0 Å². The van der Waals surface area contributed by atoms with Crippen LogP contribution in [-0.2, 0) is 10.5 Å². The molecule has 1 aromatic heterocycles. The van der Waals surface area contributed by atoms with Gasteiger partial charge in [-0.3, -0.25) is 9.59 Å². The van der Waals surface area contributed by atoms with E-state index in [0.29, 0.717) is 16.9 Å². The molecule has 0 aliphatic carbocycles. The van der Waals surface area contributed by atoms with E-state index in [1.54, 1.807) is 6.07 Å². The van der Waals surface area contributed by atoms with Crippen LogP contribution in [-0.4, -0.2) is 16.6 Å². The summed E-state index contributed by atoms with van der Waals surface area (Å²) in [5, 5.41) is 3.60. The molecule has 0 bridgehead atoms. The number of benzene rings is 2. The Kier molecular flexibility index (Phi) is 5.24. The number of aryl methyl sites for hydroxylation is 2. The smallest absolute Gasteiger partial charge is 0.234 e. The van der Waals surface area contributed by atoms with Crippen LogP contribution in [0.2, 0.25) is 0 Å². The minimum absolute atomic E-state index is 0.00429. The predicted octanol–water partition coefficient (Wildman–Crippen LogP) is 4.02. The zero-order valence-corrected chi connectivity index (χ0v) is 15.1. The van der Waals surface area contributed by atoms with Crippen molar-refractivity contribution in [2.45, 2.75) is 19.6 Å². The molecule has 0 saturated heterocycles. The van der Waals surface area contributed by atoms with E-state index in [0.717, 1.165) is 28.0 Å². The van der Waals surface area contributed by atoms with Gasteiger partial charge in [0, 0.05) is 34.1 Å². The number of nitrogens with one attached hydrogen (secondary N) is 2. The monoisotopic (exact) mass is 352 g/mol. The number of hydrogen-bond acceptors (Lipinski definition) is 3. The van der Waals surface area contributed by atoms with Crippen molar-refractivity contribution in [3.05, 3.63) is 75.6 Å². The third kappa shape index (κ3) is 4.51. The van der Waals surface area contributed by atoms with Crippen LogP contribution in [0.4, 0.5) is 5.69 Å². The number of hydrogen-bond donors (Lipinski definition) is 2. The fraction of sp³-hybridized carbons (Fsp3) is 0.200. The summed E-state index contributed by atoms with van der Waals surface area (Å²) in [6.07, 6.45) is 0. The maximum atomic E-state index is 12.1. The summed E-state index contributed by atoms with van der Waals surface area (Å²) in [5.41, 5.74) is 4.72. The minimum atomic E-state index is -0.0434. The molecule has 0 saturated carbocycles. The predicted molar refractivity (Wildman–Crippen MR) is 105 cm³/mol. The van der Waals surface area contributed by atoms with Crippen LogP contribution in [0.5, 0.6) is 0 Å². The largest absolute Gasteiger partial charge is 0.357 e. The molecule has 128 valence electrons. The number of pyridine rings is 1. The van der Waals surface area contributed by atoms with E-state index in [1.807, 2.05) is 50.2 Å². The molecule has 0 radical (unpaired) electrons. The molecule has 1 heterocycles. The Morgan fingerprint density at radius 2 is 1.80 bits per heavy atom. The van der Waals surface area contributed by atoms with Crippen LogP contribution in [0.3, 0.4) is 0 Å². The summed E-state index contributed by atoms with van der Waals surface area (Å²) in [6.45, 7) is 4.01. The summed E-state index contributed by atoms with van der Waals surface area (Å²) in [7, 11) is 0. The molecular formula is C20H20N2O2S. The first-order valence-electron chi connectivity index (χ1n) is 8.08. The van der Waals surface area contributed by atoms with E-state index in [-0.39, 0.29) is 11.3 Å². The minimum Gasteiger partial charge on any atom is -0.357 e. The van der Waals surface area contributed by atoms with Gasteiger partial charge in [0.1, 0.15) is 0 Å². The number of aromatic amines is 1. The third-order valence-electron chi connectivity index (χ3n) is 3.79. The molecule has 0 aliphatic rings. The number of aromatic nitrogens is 1. The molecule has 4 nitrogen and oxygen atoms in total. The van der Waals surface area contributed by atoms with Gasteiger partial charge >= 0.3 is 0 Å². The number of carbonyl (C=O) groups excluding carboxylic acids is 1. The van der Waals surface area contributed by atoms with Crippen LogP contribution in [0.25, 0.3) is 10.9 Å². The summed E-state index contributed by atoms with van der Waals surface area (Å²) >= 11 is 1.48. The Labute approximate surface area is 150 Å². The van der Waals surface area contributed by atoms with E-state index in [1.165, 1.54) is 11.8 Å². The van der Waals surface area contributed by atoms with Crippen molar-refractivity contribution in [1.82, 2.24) is 4.98 Å². The number of carbonyl (C=O) groups is 1. The Balaban J connectivity index is 1.59. The number of rotatable bonds is 5. The number of anilines is 1. The van der Waals surface area contributed by atoms with E-state index < -0.39 is 0 Å². The van der Waals surface area contributed by atoms with Crippen molar-refractivity contribution in [3.8, 4) is 0 Å². The van der Waals surface area contributed by atoms with Gasteiger partial charge in [-0.25, -0.2) is 0 Å². The first kappa shape index (κ1) is 17.3. The lowest BCUT2D eigenvalue weighted by atomic mass is 10.1. The second kappa shape index (κ2) is 7.57. The zero-order valence-electron chi connectivity index (χ0n) is 14.3.